The highest BCUT2D eigenvalue weighted by Crippen LogP contribution is 2.49. The zero-order valence-corrected chi connectivity index (χ0v) is 7.12. The van der Waals surface area contributed by atoms with Gasteiger partial charge in [0.25, 0.3) is 0 Å². The maximum atomic E-state index is 10.7. The smallest absolute Gasteiger partial charge is 0.306 e. The van der Waals surface area contributed by atoms with Crippen LogP contribution < -0.4 is 0 Å². The Balaban J connectivity index is 2.06. The number of aliphatic carboxylic acids is 1. The lowest BCUT2D eigenvalue weighted by Crippen LogP contribution is -2.14. The Morgan fingerprint density at radius 1 is 1.50 bits per heavy atom. The summed E-state index contributed by atoms with van der Waals surface area (Å²) in [6.07, 6.45) is 9.60. The van der Waals surface area contributed by atoms with Crippen molar-refractivity contribution in [2.24, 2.45) is 11.3 Å². The van der Waals surface area contributed by atoms with Crippen LogP contribution in [-0.4, -0.2) is 11.1 Å². The molecule has 0 aromatic heterocycles. The Morgan fingerprint density at radius 3 is 2.83 bits per heavy atom. The van der Waals surface area contributed by atoms with Crippen molar-refractivity contribution in [2.75, 3.05) is 0 Å². The Bertz CT molecular complexity index is 232. The van der Waals surface area contributed by atoms with Crippen LogP contribution in [0.4, 0.5) is 0 Å². The maximum absolute atomic E-state index is 10.7. The molecule has 1 saturated carbocycles. The highest BCUT2D eigenvalue weighted by molar-refractivity contribution is 5.70. The molecule has 1 fully saturated rings. The van der Waals surface area contributed by atoms with Gasteiger partial charge in [-0.3, -0.25) is 4.79 Å². The minimum absolute atomic E-state index is 0.0762. The monoisotopic (exact) mass is 166 g/mol. The summed E-state index contributed by atoms with van der Waals surface area (Å²) in [7, 11) is 0. The second-order valence-corrected chi connectivity index (χ2v) is 4.08. The number of hydrogen-bond acceptors (Lipinski definition) is 1. The molecule has 2 rings (SSSR count). The van der Waals surface area contributed by atoms with Gasteiger partial charge in [0.15, 0.2) is 0 Å². The third-order valence-electron chi connectivity index (χ3n) is 3.27. The van der Waals surface area contributed by atoms with Gasteiger partial charge in [0.1, 0.15) is 0 Å². The highest BCUT2D eigenvalue weighted by atomic mass is 16.4. The molecular formula is C10H14O2. The first-order valence-electron chi connectivity index (χ1n) is 4.62. The molecular weight excluding hydrogens is 152 g/mol. The van der Waals surface area contributed by atoms with Gasteiger partial charge in [-0.25, -0.2) is 0 Å². The molecule has 66 valence electrons. The molecule has 2 heteroatoms. The van der Waals surface area contributed by atoms with Crippen LogP contribution in [0.5, 0.6) is 0 Å². The van der Waals surface area contributed by atoms with E-state index in [1.54, 1.807) is 0 Å². The largest absolute Gasteiger partial charge is 0.481 e. The van der Waals surface area contributed by atoms with Crippen molar-refractivity contribution in [2.45, 2.75) is 32.1 Å². The summed E-state index contributed by atoms with van der Waals surface area (Å²) in [6.45, 7) is 0. The Hall–Kier alpha value is -0.790. The van der Waals surface area contributed by atoms with Crippen LogP contribution in [0.25, 0.3) is 0 Å². The molecule has 2 unspecified atom stereocenters. The van der Waals surface area contributed by atoms with Crippen LogP contribution in [0.3, 0.4) is 0 Å². The summed E-state index contributed by atoms with van der Waals surface area (Å²) in [6, 6.07) is 0. The van der Waals surface area contributed by atoms with Crippen molar-refractivity contribution in [3.05, 3.63) is 12.2 Å². The molecule has 1 spiro atoms. The van der Waals surface area contributed by atoms with Gasteiger partial charge in [-0.15, -0.1) is 0 Å². The van der Waals surface area contributed by atoms with E-state index in [1.165, 1.54) is 6.42 Å². The lowest BCUT2D eigenvalue weighted by molar-refractivity contribution is -0.141. The van der Waals surface area contributed by atoms with Gasteiger partial charge < -0.3 is 5.11 Å². The third kappa shape index (κ3) is 1.15. The molecule has 1 N–H and O–H groups in total. The fourth-order valence-corrected chi connectivity index (χ4v) is 2.53. The van der Waals surface area contributed by atoms with Crippen molar-refractivity contribution in [3.8, 4) is 0 Å². The molecule has 0 heterocycles. The van der Waals surface area contributed by atoms with Gasteiger partial charge in [-0.05, 0) is 37.5 Å². The normalized spacial score (nSPS) is 39.5. The predicted octanol–water partition coefficient (Wildman–Crippen LogP) is 2.21. The molecule has 0 saturated heterocycles. The zero-order valence-electron chi connectivity index (χ0n) is 7.12. The van der Waals surface area contributed by atoms with E-state index in [4.69, 9.17) is 5.11 Å². The van der Waals surface area contributed by atoms with E-state index in [0.29, 0.717) is 0 Å². The molecule has 2 aliphatic carbocycles. The average Bonchev–Trinajstić information content (AvgIpc) is 2.62. The minimum Gasteiger partial charge on any atom is -0.481 e. The second-order valence-electron chi connectivity index (χ2n) is 4.08. The van der Waals surface area contributed by atoms with Crippen molar-refractivity contribution in [1.82, 2.24) is 0 Å². The van der Waals surface area contributed by atoms with Crippen LogP contribution in [0.2, 0.25) is 0 Å². The van der Waals surface area contributed by atoms with E-state index in [0.717, 1.165) is 25.7 Å². The van der Waals surface area contributed by atoms with Crippen molar-refractivity contribution in [3.63, 3.8) is 0 Å². The second kappa shape index (κ2) is 2.61. The summed E-state index contributed by atoms with van der Waals surface area (Å²) < 4.78 is 0. The van der Waals surface area contributed by atoms with E-state index in [9.17, 15) is 4.79 Å². The zero-order chi connectivity index (χ0) is 8.60. The van der Waals surface area contributed by atoms with E-state index in [1.807, 2.05) is 0 Å². The number of carboxylic acids is 1. The van der Waals surface area contributed by atoms with E-state index >= 15 is 0 Å². The van der Waals surface area contributed by atoms with Crippen molar-refractivity contribution < 1.29 is 9.90 Å². The van der Waals surface area contributed by atoms with Crippen LogP contribution in [0.1, 0.15) is 32.1 Å². The SMILES string of the molecule is O=C(O)C1CCC2(C=CCC2)C1. The molecule has 2 nitrogen and oxygen atoms in total. The molecule has 2 atom stereocenters. The lowest BCUT2D eigenvalue weighted by Gasteiger charge is -2.19. The molecule has 0 aromatic rings. The molecule has 0 radical (unpaired) electrons. The van der Waals surface area contributed by atoms with Gasteiger partial charge in [0.2, 0.25) is 0 Å². The number of allylic oxidation sites excluding steroid dienone is 2. The maximum Gasteiger partial charge on any atom is 0.306 e. The fraction of sp³-hybridized carbons (Fsp3) is 0.700. The Labute approximate surface area is 72.3 Å². The van der Waals surface area contributed by atoms with Crippen molar-refractivity contribution >= 4 is 5.97 Å². The predicted molar refractivity (Wildman–Crippen MR) is 45.8 cm³/mol. The van der Waals surface area contributed by atoms with Gasteiger partial charge in [-0.2, -0.15) is 0 Å². The van der Waals surface area contributed by atoms with Crippen molar-refractivity contribution in [1.29, 1.82) is 0 Å². The summed E-state index contributed by atoms with van der Waals surface area (Å²) in [5.41, 5.74) is 0.281. The first-order chi connectivity index (χ1) is 5.72. The first-order valence-corrected chi connectivity index (χ1v) is 4.62. The third-order valence-corrected chi connectivity index (χ3v) is 3.27. The Kier molecular flexibility index (Phi) is 1.71. The first kappa shape index (κ1) is 7.84. The van der Waals surface area contributed by atoms with Gasteiger partial charge in [0, 0.05) is 0 Å². The molecule has 12 heavy (non-hydrogen) atoms. The molecule has 0 bridgehead atoms. The Morgan fingerprint density at radius 2 is 2.33 bits per heavy atom. The van der Waals surface area contributed by atoms with Gasteiger partial charge in [0.05, 0.1) is 5.92 Å². The summed E-state index contributed by atoms with van der Waals surface area (Å²) in [5, 5.41) is 8.83. The van der Waals surface area contributed by atoms with Crippen LogP contribution >= 0.6 is 0 Å². The van der Waals surface area contributed by atoms with Crippen LogP contribution in [0.15, 0.2) is 12.2 Å². The van der Waals surface area contributed by atoms with Crippen LogP contribution in [0, 0.1) is 11.3 Å². The molecule has 0 amide bonds. The molecule has 0 aliphatic heterocycles. The van der Waals surface area contributed by atoms with E-state index in [2.05, 4.69) is 12.2 Å². The number of hydrogen-bond donors (Lipinski definition) is 1. The average molecular weight is 166 g/mol. The van der Waals surface area contributed by atoms with Gasteiger partial charge in [-0.1, -0.05) is 12.2 Å². The lowest BCUT2D eigenvalue weighted by atomic mass is 9.85. The minimum atomic E-state index is -0.604. The topological polar surface area (TPSA) is 37.3 Å². The van der Waals surface area contributed by atoms with E-state index < -0.39 is 5.97 Å². The van der Waals surface area contributed by atoms with E-state index in [-0.39, 0.29) is 11.3 Å². The van der Waals surface area contributed by atoms with Gasteiger partial charge >= 0.3 is 5.97 Å². The fourth-order valence-electron chi connectivity index (χ4n) is 2.53. The standard InChI is InChI=1S/C10H14O2/c11-9(12)8-3-6-10(7-8)4-1-2-5-10/h1,4,8H,2-3,5-7H2,(H,11,12). The highest BCUT2D eigenvalue weighted by Gasteiger charge is 2.40. The molecule has 0 aromatic carbocycles. The quantitative estimate of drug-likeness (QED) is 0.606. The number of rotatable bonds is 1. The molecule has 2 aliphatic rings. The summed E-state index contributed by atoms with van der Waals surface area (Å²) in [5.74, 6) is -0.681. The summed E-state index contributed by atoms with van der Waals surface area (Å²) >= 11 is 0. The summed E-state index contributed by atoms with van der Waals surface area (Å²) in [4.78, 5) is 10.7. The number of carbonyl (C=O) groups is 1. The van der Waals surface area contributed by atoms with Crippen LogP contribution in [-0.2, 0) is 4.79 Å². The number of carboxylic acid groups (broad SMARTS) is 1.